The Kier molecular flexibility index (Phi) is 3.64. The average Bonchev–Trinajstić information content (AvgIpc) is 2.36. The highest BCUT2D eigenvalue weighted by Crippen LogP contribution is 2.38. The highest BCUT2D eigenvalue weighted by atomic mass is 19.2. The van der Waals surface area contributed by atoms with Crippen molar-refractivity contribution >= 4 is 0 Å². The molecule has 1 heterocycles. The van der Waals surface area contributed by atoms with Crippen molar-refractivity contribution in [3.63, 3.8) is 0 Å². The first-order chi connectivity index (χ1) is 8.50. The number of benzene rings is 1. The Labute approximate surface area is 104 Å². The molecule has 1 saturated heterocycles. The summed E-state index contributed by atoms with van der Waals surface area (Å²) in [6.07, 6.45) is 0.912. The van der Waals surface area contributed by atoms with Crippen LogP contribution >= 0.6 is 0 Å². The summed E-state index contributed by atoms with van der Waals surface area (Å²) in [6.45, 7) is 2.93. The van der Waals surface area contributed by atoms with E-state index in [2.05, 4.69) is 5.32 Å². The zero-order valence-corrected chi connectivity index (χ0v) is 10.1. The molecule has 2 unspecified atom stereocenters. The van der Waals surface area contributed by atoms with E-state index in [4.69, 9.17) is 0 Å². The van der Waals surface area contributed by atoms with Crippen LogP contribution < -0.4 is 5.32 Å². The Balaban J connectivity index is 2.48. The predicted octanol–water partition coefficient (Wildman–Crippen LogP) is 2.31. The van der Waals surface area contributed by atoms with Gasteiger partial charge in [-0.3, -0.25) is 0 Å². The molecule has 1 aliphatic heterocycles. The van der Waals surface area contributed by atoms with Crippen LogP contribution in [0.3, 0.4) is 0 Å². The highest BCUT2D eigenvalue weighted by molar-refractivity contribution is 5.28. The van der Waals surface area contributed by atoms with E-state index in [0.717, 1.165) is 12.1 Å². The largest absolute Gasteiger partial charge is 0.385 e. The smallest absolute Gasteiger partial charge is 0.194 e. The van der Waals surface area contributed by atoms with Crippen LogP contribution in [-0.2, 0) is 5.60 Å². The van der Waals surface area contributed by atoms with Crippen molar-refractivity contribution in [1.82, 2.24) is 5.32 Å². The number of hydrogen-bond donors (Lipinski definition) is 2. The van der Waals surface area contributed by atoms with Crippen LogP contribution in [0.5, 0.6) is 0 Å². The average molecular weight is 259 g/mol. The van der Waals surface area contributed by atoms with Crippen molar-refractivity contribution in [2.45, 2.75) is 25.4 Å². The van der Waals surface area contributed by atoms with Crippen LogP contribution in [0.15, 0.2) is 12.1 Å². The maximum absolute atomic E-state index is 13.8. The number of halogens is 3. The third-order valence-corrected chi connectivity index (χ3v) is 3.74. The van der Waals surface area contributed by atoms with Gasteiger partial charge in [0.2, 0.25) is 0 Å². The molecule has 1 aromatic rings. The molecule has 100 valence electrons. The normalized spacial score (nSPS) is 28.4. The zero-order chi connectivity index (χ0) is 13.3. The number of aliphatic hydroxyl groups is 1. The quantitative estimate of drug-likeness (QED) is 0.799. The summed E-state index contributed by atoms with van der Waals surface area (Å²) in [5, 5.41) is 13.7. The summed E-state index contributed by atoms with van der Waals surface area (Å²) in [5.41, 5.74) is -1.58. The molecule has 0 aliphatic carbocycles. The van der Waals surface area contributed by atoms with E-state index in [9.17, 15) is 18.3 Å². The minimum atomic E-state index is -1.52. The van der Waals surface area contributed by atoms with Crippen LogP contribution in [-0.4, -0.2) is 18.2 Å². The molecule has 2 N–H and O–H groups in total. The standard InChI is InChI=1S/C13H16F3NO/c1-2-8-7-17-6-5-13(8,18)9-3-4-10(14)12(16)11(9)15/h3-4,8,17-18H,2,5-7H2,1H3. The first kappa shape index (κ1) is 13.4. The maximum atomic E-state index is 13.8. The zero-order valence-electron chi connectivity index (χ0n) is 10.1. The Morgan fingerprint density at radius 2 is 2.06 bits per heavy atom. The molecule has 0 saturated carbocycles. The lowest BCUT2D eigenvalue weighted by Crippen LogP contribution is -2.48. The molecule has 1 aromatic carbocycles. The van der Waals surface area contributed by atoms with Gasteiger partial charge >= 0.3 is 0 Å². The second kappa shape index (κ2) is 4.90. The molecule has 2 atom stereocenters. The van der Waals surface area contributed by atoms with Crippen molar-refractivity contribution in [3.8, 4) is 0 Å². The molecule has 2 nitrogen and oxygen atoms in total. The highest BCUT2D eigenvalue weighted by Gasteiger charge is 2.42. The van der Waals surface area contributed by atoms with Gasteiger partial charge in [0.05, 0.1) is 5.60 Å². The van der Waals surface area contributed by atoms with Gasteiger partial charge in [-0.2, -0.15) is 0 Å². The van der Waals surface area contributed by atoms with E-state index in [-0.39, 0.29) is 17.9 Å². The fourth-order valence-corrected chi connectivity index (χ4v) is 2.63. The third kappa shape index (κ3) is 2.01. The molecular weight excluding hydrogens is 243 g/mol. The van der Waals surface area contributed by atoms with Gasteiger partial charge < -0.3 is 10.4 Å². The first-order valence-electron chi connectivity index (χ1n) is 6.07. The minimum absolute atomic E-state index is 0.144. The molecule has 0 amide bonds. The molecule has 0 bridgehead atoms. The van der Waals surface area contributed by atoms with E-state index < -0.39 is 23.1 Å². The predicted molar refractivity (Wildman–Crippen MR) is 61.5 cm³/mol. The molecule has 0 spiro atoms. The molecule has 18 heavy (non-hydrogen) atoms. The van der Waals surface area contributed by atoms with Gasteiger partial charge in [-0.25, -0.2) is 13.2 Å². The number of nitrogens with one attached hydrogen (secondary N) is 1. The summed E-state index contributed by atoms with van der Waals surface area (Å²) in [4.78, 5) is 0. The van der Waals surface area contributed by atoms with Crippen molar-refractivity contribution < 1.29 is 18.3 Å². The third-order valence-electron chi connectivity index (χ3n) is 3.74. The van der Waals surface area contributed by atoms with Gasteiger partial charge in [-0.1, -0.05) is 13.0 Å². The molecule has 0 radical (unpaired) electrons. The van der Waals surface area contributed by atoms with Crippen LogP contribution in [0.4, 0.5) is 13.2 Å². The maximum Gasteiger partial charge on any atom is 0.194 e. The summed E-state index contributed by atoms with van der Waals surface area (Å²) < 4.78 is 40.0. The van der Waals surface area contributed by atoms with E-state index in [1.54, 1.807) is 0 Å². The topological polar surface area (TPSA) is 32.3 Å². The van der Waals surface area contributed by atoms with E-state index in [1.807, 2.05) is 6.92 Å². The van der Waals surface area contributed by atoms with E-state index >= 15 is 0 Å². The summed E-state index contributed by atoms with van der Waals surface area (Å²) in [7, 11) is 0. The van der Waals surface area contributed by atoms with Gasteiger partial charge in [0.1, 0.15) is 0 Å². The van der Waals surface area contributed by atoms with E-state index in [0.29, 0.717) is 19.5 Å². The SMILES string of the molecule is CCC1CNCCC1(O)c1ccc(F)c(F)c1F. The van der Waals surface area contributed by atoms with Crippen LogP contribution in [0.25, 0.3) is 0 Å². The van der Waals surface area contributed by atoms with Crippen molar-refractivity contribution in [3.05, 3.63) is 35.1 Å². The lowest BCUT2D eigenvalue weighted by Gasteiger charge is -2.40. The molecule has 5 heteroatoms. The lowest BCUT2D eigenvalue weighted by molar-refractivity contribution is -0.0510. The Hall–Kier alpha value is -1.07. The fourth-order valence-electron chi connectivity index (χ4n) is 2.63. The molecule has 1 aliphatic rings. The number of piperidine rings is 1. The number of rotatable bonds is 2. The van der Waals surface area contributed by atoms with Crippen molar-refractivity contribution in [2.24, 2.45) is 5.92 Å². The second-order valence-electron chi connectivity index (χ2n) is 4.71. The van der Waals surface area contributed by atoms with Crippen molar-refractivity contribution in [1.29, 1.82) is 0 Å². The fraction of sp³-hybridized carbons (Fsp3) is 0.538. The van der Waals surface area contributed by atoms with E-state index in [1.165, 1.54) is 0 Å². The second-order valence-corrected chi connectivity index (χ2v) is 4.71. The van der Waals surface area contributed by atoms with Gasteiger partial charge in [0.25, 0.3) is 0 Å². The molecule has 2 rings (SSSR count). The Morgan fingerprint density at radius 3 is 2.72 bits per heavy atom. The minimum Gasteiger partial charge on any atom is -0.385 e. The van der Waals surface area contributed by atoms with Gasteiger partial charge in [0, 0.05) is 18.0 Å². The monoisotopic (exact) mass is 259 g/mol. The van der Waals surface area contributed by atoms with Gasteiger partial charge in [-0.15, -0.1) is 0 Å². The molecular formula is C13H16F3NO. The van der Waals surface area contributed by atoms with Gasteiger partial charge in [0.15, 0.2) is 17.5 Å². The molecule has 0 aromatic heterocycles. The van der Waals surface area contributed by atoms with Crippen LogP contribution in [0, 0.1) is 23.4 Å². The van der Waals surface area contributed by atoms with Crippen LogP contribution in [0.1, 0.15) is 25.3 Å². The first-order valence-corrected chi connectivity index (χ1v) is 6.07. The summed E-state index contributed by atoms with van der Waals surface area (Å²) >= 11 is 0. The summed E-state index contributed by atoms with van der Waals surface area (Å²) in [5.74, 6) is -4.25. The van der Waals surface area contributed by atoms with Crippen molar-refractivity contribution in [2.75, 3.05) is 13.1 Å². The Bertz CT molecular complexity index is 452. The van der Waals surface area contributed by atoms with Crippen LogP contribution in [0.2, 0.25) is 0 Å². The number of hydrogen-bond acceptors (Lipinski definition) is 2. The molecule has 1 fully saturated rings. The summed E-state index contributed by atoms with van der Waals surface area (Å²) in [6, 6.07) is 2.00. The Morgan fingerprint density at radius 1 is 1.33 bits per heavy atom. The van der Waals surface area contributed by atoms with Gasteiger partial charge in [-0.05, 0) is 25.5 Å². The lowest BCUT2D eigenvalue weighted by atomic mass is 9.75.